The molecule has 0 saturated carbocycles. The fraction of sp³-hybridized carbons (Fsp3) is 0.474. The van der Waals surface area contributed by atoms with E-state index in [9.17, 15) is 29.7 Å². The van der Waals surface area contributed by atoms with Gasteiger partial charge < -0.3 is 30.1 Å². The molecule has 0 radical (unpaired) electrons. The fourth-order valence-electron chi connectivity index (χ4n) is 3.11. The van der Waals surface area contributed by atoms with Gasteiger partial charge in [-0.1, -0.05) is 6.07 Å². The Balaban J connectivity index is 2.50. The first-order chi connectivity index (χ1) is 14.5. The second-order valence-corrected chi connectivity index (χ2v) is 8.24. The van der Waals surface area contributed by atoms with Crippen molar-refractivity contribution in [3.63, 3.8) is 0 Å². The van der Waals surface area contributed by atoms with Crippen LogP contribution < -0.4 is 0 Å². The van der Waals surface area contributed by atoms with Crippen LogP contribution in [0.15, 0.2) is 23.6 Å². The van der Waals surface area contributed by atoms with Crippen LogP contribution in [0.1, 0.15) is 34.7 Å². The normalized spacial score (nSPS) is 15.4. The number of aromatic nitrogens is 2. The number of aliphatic carboxylic acids is 3. The van der Waals surface area contributed by atoms with Gasteiger partial charge in [-0.2, -0.15) is 5.10 Å². The molecule has 0 aliphatic carbocycles. The molecule has 0 aromatic carbocycles. The van der Waals surface area contributed by atoms with Crippen LogP contribution in [-0.4, -0.2) is 85.9 Å². The van der Waals surface area contributed by atoms with E-state index < -0.39 is 42.0 Å². The Labute approximate surface area is 182 Å². The van der Waals surface area contributed by atoms with Crippen LogP contribution in [-0.2, 0) is 26.2 Å². The lowest BCUT2D eigenvalue weighted by Crippen LogP contribution is -2.49. The largest absolute Gasteiger partial charge is 0.481 e. The average Bonchev–Trinajstić information content (AvgIpc) is 3.28. The van der Waals surface area contributed by atoms with Crippen LogP contribution in [0.4, 0.5) is 0 Å². The molecule has 4 N–H and O–H groups in total. The minimum absolute atomic E-state index is 0.283. The number of aliphatic hydroxyl groups is 1. The first-order valence-electron chi connectivity index (χ1n) is 9.21. The molecular weight excluding hydrogens is 430 g/mol. The Kier molecular flexibility index (Phi) is 7.90. The summed E-state index contributed by atoms with van der Waals surface area (Å²) in [7, 11) is 5.31. The van der Waals surface area contributed by atoms with E-state index in [1.54, 1.807) is 0 Å². The number of thiophene rings is 1. The summed E-state index contributed by atoms with van der Waals surface area (Å²) in [4.78, 5) is 37.4. The van der Waals surface area contributed by atoms with Crippen molar-refractivity contribution in [3.8, 4) is 0 Å². The van der Waals surface area contributed by atoms with Crippen molar-refractivity contribution >= 4 is 29.2 Å². The predicted octanol–water partition coefficient (Wildman–Crippen LogP) is 0.608. The number of hydrogen-bond donors (Lipinski definition) is 4. The average molecular weight is 455 g/mol. The zero-order valence-electron chi connectivity index (χ0n) is 17.3. The van der Waals surface area contributed by atoms with Gasteiger partial charge in [0.05, 0.1) is 24.4 Å². The maximum Gasteiger partial charge on any atom is 0.337 e. The van der Waals surface area contributed by atoms with Gasteiger partial charge in [-0.15, -0.1) is 11.3 Å². The topological polar surface area (TPSA) is 162 Å². The zero-order chi connectivity index (χ0) is 23.3. The maximum absolute atomic E-state index is 11.9. The molecule has 2 heterocycles. The van der Waals surface area contributed by atoms with E-state index in [1.165, 1.54) is 29.1 Å². The summed E-state index contributed by atoms with van der Waals surface area (Å²) in [6.07, 6.45) is -1.92. The first-order valence-corrected chi connectivity index (χ1v) is 10.1. The molecule has 3 unspecified atom stereocenters. The van der Waals surface area contributed by atoms with Crippen molar-refractivity contribution in [3.05, 3.63) is 39.8 Å². The lowest BCUT2D eigenvalue weighted by atomic mass is 9.82. The van der Waals surface area contributed by atoms with Crippen LogP contribution in [0.3, 0.4) is 0 Å². The highest BCUT2D eigenvalue weighted by atomic mass is 32.1. The SMILES string of the molecule is CN(C)CCOC(c1cccs1)c1cc(C(C(=O)O)C(O)(CC(=O)O)C(=O)O)nn1C. The quantitative estimate of drug-likeness (QED) is 0.357. The van der Waals surface area contributed by atoms with Crippen molar-refractivity contribution in [1.29, 1.82) is 0 Å². The number of nitrogens with zero attached hydrogens (tertiary/aromatic N) is 3. The van der Waals surface area contributed by atoms with Gasteiger partial charge in [0.15, 0.2) is 5.60 Å². The van der Waals surface area contributed by atoms with Gasteiger partial charge in [-0.05, 0) is 31.6 Å². The van der Waals surface area contributed by atoms with E-state index in [1.807, 2.05) is 36.5 Å². The van der Waals surface area contributed by atoms with E-state index in [2.05, 4.69) is 5.10 Å². The third-order valence-electron chi connectivity index (χ3n) is 4.64. The predicted molar refractivity (Wildman–Crippen MR) is 109 cm³/mol. The number of likely N-dealkylation sites (N-methyl/N-ethyl adjacent to an activating group) is 1. The van der Waals surface area contributed by atoms with Crippen molar-refractivity contribution in [2.45, 2.75) is 24.0 Å². The molecule has 31 heavy (non-hydrogen) atoms. The molecule has 0 aliphatic rings. The molecule has 0 bridgehead atoms. The smallest absolute Gasteiger partial charge is 0.337 e. The maximum atomic E-state index is 11.9. The van der Waals surface area contributed by atoms with E-state index in [0.29, 0.717) is 18.8 Å². The summed E-state index contributed by atoms with van der Waals surface area (Å²) in [5, 5.41) is 44.6. The molecule has 170 valence electrons. The number of carbonyl (C=O) groups is 3. The van der Waals surface area contributed by atoms with E-state index >= 15 is 0 Å². The summed E-state index contributed by atoms with van der Waals surface area (Å²) < 4.78 is 7.34. The van der Waals surface area contributed by atoms with Crippen LogP contribution in [0.5, 0.6) is 0 Å². The molecule has 0 fully saturated rings. The molecule has 0 spiro atoms. The summed E-state index contributed by atoms with van der Waals surface area (Å²) >= 11 is 1.42. The van der Waals surface area contributed by atoms with Gasteiger partial charge in [-0.25, -0.2) is 4.79 Å². The van der Waals surface area contributed by atoms with Crippen LogP contribution in [0.2, 0.25) is 0 Å². The minimum atomic E-state index is -3.09. The van der Waals surface area contributed by atoms with Gasteiger partial charge in [0, 0.05) is 18.5 Å². The minimum Gasteiger partial charge on any atom is -0.481 e. The van der Waals surface area contributed by atoms with Gasteiger partial charge in [0.1, 0.15) is 12.0 Å². The number of aryl methyl sites for hydroxylation is 1. The Morgan fingerprint density at radius 3 is 2.45 bits per heavy atom. The number of hydrogen-bond acceptors (Lipinski definition) is 8. The highest BCUT2D eigenvalue weighted by Crippen LogP contribution is 2.35. The molecule has 0 amide bonds. The van der Waals surface area contributed by atoms with Crippen molar-refractivity contribution < 1.29 is 39.5 Å². The highest BCUT2D eigenvalue weighted by Gasteiger charge is 2.52. The van der Waals surface area contributed by atoms with E-state index in [0.717, 1.165) is 4.88 Å². The second kappa shape index (κ2) is 10.0. The van der Waals surface area contributed by atoms with E-state index in [-0.39, 0.29) is 5.69 Å². The number of carboxylic acid groups (broad SMARTS) is 3. The van der Waals surface area contributed by atoms with Crippen LogP contribution >= 0.6 is 11.3 Å². The van der Waals surface area contributed by atoms with Gasteiger partial charge in [0.25, 0.3) is 0 Å². The standard InChI is InChI=1S/C19H25N3O8S/c1-21(2)6-7-30-16(13-5-4-8-31-13)12-9-11(20-22(12)3)15(17(25)26)19(29,18(27)28)10-14(23)24/h4-5,8-9,15-16,29H,6-7,10H2,1-3H3,(H,23,24)(H,25,26)(H,27,28). The third-order valence-corrected chi connectivity index (χ3v) is 5.56. The summed E-state index contributed by atoms with van der Waals surface area (Å²) in [5.41, 5.74) is -2.94. The number of ether oxygens (including phenoxy) is 1. The van der Waals surface area contributed by atoms with Gasteiger partial charge in [0.2, 0.25) is 0 Å². The molecule has 2 aromatic rings. The van der Waals surface area contributed by atoms with Crippen LogP contribution in [0, 0.1) is 0 Å². The fourth-order valence-corrected chi connectivity index (χ4v) is 3.89. The Bertz CT molecular complexity index is 927. The molecule has 2 rings (SSSR count). The number of rotatable bonds is 12. The van der Waals surface area contributed by atoms with E-state index in [4.69, 9.17) is 9.84 Å². The first kappa shape index (κ1) is 24.5. The van der Waals surface area contributed by atoms with Crippen LogP contribution in [0.25, 0.3) is 0 Å². The second-order valence-electron chi connectivity index (χ2n) is 7.26. The molecule has 0 aliphatic heterocycles. The molecule has 11 nitrogen and oxygen atoms in total. The lowest BCUT2D eigenvalue weighted by Gasteiger charge is -2.26. The molecule has 0 saturated heterocycles. The lowest BCUT2D eigenvalue weighted by molar-refractivity contribution is -0.173. The Hall–Kier alpha value is -2.80. The monoisotopic (exact) mass is 455 g/mol. The van der Waals surface area contributed by atoms with Gasteiger partial charge >= 0.3 is 17.9 Å². The van der Waals surface area contributed by atoms with Crippen molar-refractivity contribution in [2.75, 3.05) is 27.2 Å². The Morgan fingerprint density at radius 1 is 1.29 bits per heavy atom. The molecular formula is C19H25N3O8S. The molecule has 3 atom stereocenters. The number of carboxylic acids is 3. The summed E-state index contributed by atoms with van der Waals surface area (Å²) in [5.74, 6) is -7.44. The van der Waals surface area contributed by atoms with Crippen molar-refractivity contribution in [2.24, 2.45) is 7.05 Å². The Morgan fingerprint density at radius 2 is 1.97 bits per heavy atom. The van der Waals surface area contributed by atoms with Gasteiger partial charge in [-0.3, -0.25) is 14.3 Å². The highest BCUT2D eigenvalue weighted by molar-refractivity contribution is 7.10. The zero-order valence-corrected chi connectivity index (χ0v) is 18.1. The summed E-state index contributed by atoms with van der Waals surface area (Å²) in [6, 6.07) is 4.99. The molecule has 2 aromatic heterocycles. The summed E-state index contributed by atoms with van der Waals surface area (Å²) in [6.45, 7) is 0.984. The molecule has 12 heteroatoms. The van der Waals surface area contributed by atoms with Crippen molar-refractivity contribution in [1.82, 2.24) is 14.7 Å². The third kappa shape index (κ3) is 5.67.